The highest BCUT2D eigenvalue weighted by molar-refractivity contribution is 5.33. The van der Waals surface area contributed by atoms with E-state index in [1.165, 1.54) is 30.5 Å². The first-order valence-electron chi connectivity index (χ1n) is 8.26. The molecule has 1 saturated heterocycles. The SMILES string of the molecule is Cc1ncc2c(n1)C1(CCCN(Cc3cnc(N)nc3)C1)CC2. The molecule has 2 aromatic rings. The minimum atomic E-state index is 0.204. The molecule has 3 heterocycles. The number of nitrogens with two attached hydrogens (primary N) is 1. The second-order valence-corrected chi connectivity index (χ2v) is 6.84. The number of aryl methyl sites for hydroxylation is 2. The van der Waals surface area contributed by atoms with Gasteiger partial charge in [0.15, 0.2) is 0 Å². The predicted octanol–water partition coefficient (Wildman–Crippen LogP) is 1.64. The van der Waals surface area contributed by atoms with Crippen LogP contribution in [0.3, 0.4) is 0 Å². The maximum Gasteiger partial charge on any atom is 0.219 e. The number of likely N-dealkylation sites (tertiary alicyclic amines) is 1. The van der Waals surface area contributed by atoms with Crippen LogP contribution in [0.5, 0.6) is 0 Å². The van der Waals surface area contributed by atoms with Gasteiger partial charge in [-0.15, -0.1) is 0 Å². The van der Waals surface area contributed by atoms with Crippen LogP contribution in [-0.4, -0.2) is 37.9 Å². The van der Waals surface area contributed by atoms with Gasteiger partial charge in [0.25, 0.3) is 0 Å². The molecular weight excluding hydrogens is 288 g/mol. The molecule has 0 aromatic carbocycles. The first-order valence-corrected chi connectivity index (χ1v) is 8.26. The Morgan fingerprint density at radius 3 is 2.83 bits per heavy atom. The number of anilines is 1. The van der Waals surface area contributed by atoms with Crippen molar-refractivity contribution in [1.29, 1.82) is 0 Å². The Morgan fingerprint density at radius 1 is 1.17 bits per heavy atom. The van der Waals surface area contributed by atoms with Crippen molar-refractivity contribution in [1.82, 2.24) is 24.8 Å². The number of fused-ring (bicyclic) bond motifs is 2. The fourth-order valence-electron chi connectivity index (χ4n) is 4.09. The van der Waals surface area contributed by atoms with Crippen molar-refractivity contribution in [2.45, 2.75) is 44.6 Å². The quantitative estimate of drug-likeness (QED) is 0.908. The molecule has 0 radical (unpaired) electrons. The second-order valence-electron chi connectivity index (χ2n) is 6.84. The van der Waals surface area contributed by atoms with E-state index in [1.54, 1.807) is 0 Å². The largest absolute Gasteiger partial charge is 0.368 e. The molecule has 6 heteroatoms. The number of rotatable bonds is 2. The predicted molar refractivity (Wildman–Crippen MR) is 87.7 cm³/mol. The lowest BCUT2D eigenvalue weighted by Crippen LogP contribution is -2.45. The van der Waals surface area contributed by atoms with E-state index in [0.717, 1.165) is 37.4 Å². The number of piperidine rings is 1. The topological polar surface area (TPSA) is 80.8 Å². The Kier molecular flexibility index (Phi) is 3.49. The molecule has 6 nitrogen and oxygen atoms in total. The van der Waals surface area contributed by atoms with Crippen LogP contribution < -0.4 is 5.73 Å². The van der Waals surface area contributed by atoms with Gasteiger partial charge in [-0.2, -0.15) is 0 Å². The van der Waals surface area contributed by atoms with Crippen molar-refractivity contribution < 1.29 is 0 Å². The van der Waals surface area contributed by atoms with Crippen molar-refractivity contribution in [3.8, 4) is 0 Å². The highest BCUT2D eigenvalue weighted by atomic mass is 15.1. The van der Waals surface area contributed by atoms with Crippen LogP contribution >= 0.6 is 0 Å². The number of aromatic nitrogens is 4. The van der Waals surface area contributed by atoms with Crippen molar-refractivity contribution in [2.75, 3.05) is 18.8 Å². The fraction of sp³-hybridized carbons (Fsp3) is 0.529. The average molecular weight is 310 g/mol. The molecule has 23 heavy (non-hydrogen) atoms. The minimum Gasteiger partial charge on any atom is -0.368 e. The lowest BCUT2D eigenvalue weighted by molar-refractivity contribution is 0.136. The van der Waals surface area contributed by atoms with Crippen LogP contribution in [0, 0.1) is 6.92 Å². The Morgan fingerprint density at radius 2 is 2.00 bits per heavy atom. The molecule has 1 aliphatic carbocycles. The summed E-state index contributed by atoms with van der Waals surface area (Å²) in [5.74, 6) is 1.22. The van der Waals surface area contributed by atoms with Gasteiger partial charge in [0.05, 0.1) is 5.69 Å². The smallest absolute Gasteiger partial charge is 0.219 e. The minimum absolute atomic E-state index is 0.204. The normalized spacial score (nSPS) is 24.0. The molecule has 1 fully saturated rings. The summed E-state index contributed by atoms with van der Waals surface area (Å²) in [6.07, 6.45) is 10.4. The first kappa shape index (κ1) is 14.5. The molecule has 2 N–H and O–H groups in total. The molecule has 0 amide bonds. The zero-order valence-electron chi connectivity index (χ0n) is 13.5. The molecule has 4 rings (SSSR count). The van der Waals surface area contributed by atoms with Crippen LogP contribution in [0.1, 0.15) is 41.9 Å². The van der Waals surface area contributed by atoms with E-state index in [4.69, 9.17) is 10.7 Å². The molecule has 120 valence electrons. The van der Waals surface area contributed by atoms with Gasteiger partial charge in [0, 0.05) is 42.7 Å². The summed E-state index contributed by atoms with van der Waals surface area (Å²) >= 11 is 0. The lowest BCUT2D eigenvalue weighted by Gasteiger charge is -2.40. The lowest BCUT2D eigenvalue weighted by atomic mass is 9.77. The van der Waals surface area contributed by atoms with Crippen LogP contribution in [0.4, 0.5) is 5.95 Å². The third-order valence-electron chi connectivity index (χ3n) is 5.15. The fourth-order valence-corrected chi connectivity index (χ4v) is 4.09. The summed E-state index contributed by atoms with van der Waals surface area (Å²) in [5, 5.41) is 0. The van der Waals surface area contributed by atoms with Crippen LogP contribution in [0.25, 0.3) is 0 Å². The molecule has 1 atom stereocenters. The third kappa shape index (κ3) is 2.67. The number of nitrogens with zero attached hydrogens (tertiary/aromatic N) is 5. The van der Waals surface area contributed by atoms with Gasteiger partial charge in [-0.05, 0) is 44.7 Å². The molecule has 2 aromatic heterocycles. The van der Waals surface area contributed by atoms with Crippen LogP contribution in [-0.2, 0) is 18.4 Å². The van der Waals surface area contributed by atoms with Gasteiger partial charge >= 0.3 is 0 Å². The van der Waals surface area contributed by atoms with Gasteiger partial charge < -0.3 is 5.73 Å². The molecule has 2 aliphatic rings. The summed E-state index contributed by atoms with van der Waals surface area (Å²) in [7, 11) is 0. The van der Waals surface area contributed by atoms with Gasteiger partial charge in [-0.25, -0.2) is 19.9 Å². The highest BCUT2D eigenvalue weighted by Gasteiger charge is 2.43. The maximum absolute atomic E-state index is 5.57. The van der Waals surface area contributed by atoms with E-state index in [1.807, 2.05) is 25.5 Å². The van der Waals surface area contributed by atoms with Crippen molar-refractivity contribution in [3.63, 3.8) is 0 Å². The van der Waals surface area contributed by atoms with Gasteiger partial charge in [0.2, 0.25) is 5.95 Å². The van der Waals surface area contributed by atoms with E-state index >= 15 is 0 Å². The monoisotopic (exact) mass is 310 g/mol. The Hall–Kier alpha value is -2.08. The molecule has 1 spiro atoms. The molecule has 0 bridgehead atoms. The van der Waals surface area contributed by atoms with Gasteiger partial charge in [0.1, 0.15) is 5.82 Å². The van der Waals surface area contributed by atoms with Crippen molar-refractivity contribution >= 4 is 5.95 Å². The van der Waals surface area contributed by atoms with E-state index < -0.39 is 0 Å². The molecule has 1 aliphatic heterocycles. The standard InChI is InChI=1S/C17H22N6/c1-12-19-9-14-3-5-17(15(14)22-12)4-2-6-23(11-17)10-13-7-20-16(18)21-8-13/h7-9H,2-6,10-11H2,1H3,(H2,18,20,21). The number of nitrogen functional groups attached to an aromatic ring is 1. The summed E-state index contributed by atoms with van der Waals surface area (Å²) in [6.45, 7) is 5.03. The Balaban J connectivity index is 1.56. The van der Waals surface area contributed by atoms with Crippen molar-refractivity contribution in [2.24, 2.45) is 0 Å². The molecule has 1 unspecified atom stereocenters. The van der Waals surface area contributed by atoms with E-state index in [2.05, 4.69) is 19.9 Å². The highest BCUT2D eigenvalue weighted by Crippen LogP contribution is 2.43. The second kappa shape index (κ2) is 5.53. The zero-order chi connectivity index (χ0) is 15.9. The maximum atomic E-state index is 5.57. The van der Waals surface area contributed by atoms with Gasteiger partial charge in [-0.1, -0.05) is 0 Å². The Labute approximate surface area is 136 Å². The summed E-state index contributed by atoms with van der Waals surface area (Å²) in [5.41, 5.74) is 9.53. The van der Waals surface area contributed by atoms with Crippen LogP contribution in [0.15, 0.2) is 18.6 Å². The summed E-state index contributed by atoms with van der Waals surface area (Å²) in [6, 6.07) is 0. The van der Waals surface area contributed by atoms with Gasteiger partial charge in [-0.3, -0.25) is 4.90 Å². The van der Waals surface area contributed by atoms with Crippen LogP contribution in [0.2, 0.25) is 0 Å². The zero-order valence-corrected chi connectivity index (χ0v) is 13.5. The number of hydrogen-bond donors (Lipinski definition) is 1. The average Bonchev–Trinajstić information content (AvgIpc) is 2.88. The first-order chi connectivity index (χ1) is 11.1. The molecular formula is C17H22N6. The van der Waals surface area contributed by atoms with E-state index in [0.29, 0.717) is 5.95 Å². The van der Waals surface area contributed by atoms with Crippen molar-refractivity contribution in [3.05, 3.63) is 41.2 Å². The Bertz CT molecular complexity index is 710. The number of hydrogen-bond acceptors (Lipinski definition) is 6. The third-order valence-corrected chi connectivity index (χ3v) is 5.15. The van der Waals surface area contributed by atoms with E-state index in [9.17, 15) is 0 Å². The van der Waals surface area contributed by atoms with E-state index in [-0.39, 0.29) is 5.41 Å². The summed E-state index contributed by atoms with van der Waals surface area (Å²) < 4.78 is 0. The molecule has 0 saturated carbocycles. The summed E-state index contributed by atoms with van der Waals surface area (Å²) in [4.78, 5) is 19.9.